The van der Waals surface area contributed by atoms with Crippen molar-refractivity contribution in [2.75, 3.05) is 21.2 Å². The first-order valence-corrected chi connectivity index (χ1v) is 6.13. The van der Waals surface area contributed by atoms with Crippen LogP contribution < -0.4 is 4.74 Å². The molecule has 0 saturated carbocycles. The average molecular weight is 281 g/mol. The third-order valence-corrected chi connectivity index (χ3v) is 3.09. The Morgan fingerprint density at radius 1 is 1.53 bits per heavy atom. The number of nitrogens with zero attached hydrogens (tertiary/aromatic N) is 4. The molecular formula is C11H15N5O2S. The normalized spacial score (nSPS) is 10.7. The molecule has 2 aromatic rings. The van der Waals surface area contributed by atoms with Crippen LogP contribution in [-0.4, -0.2) is 51.5 Å². The van der Waals surface area contributed by atoms with E-state index in [1.54, 1.807) is 23.6 Å². The molecule has 2 heterocycles. The Morgan fingerprint density at radius 3 is 2.89 bits per heavy atom. The van der Waals surface area contributed by atoms with E-state index >= 15 is 0 Å². The summed E-state index contributed by atoms with van der Waals surface area (Å²) in [6.45, 7) is 0.468. The highest BCUT2D eigenvalue weighted by Gasteiger charge is 2.12. The molecule has 1 amide bonds. The summed E-state index contributed by atoms with van der Waals surface area (Å²) in [5.41, 5.74) is 1.29. The number of carbonyl (C=O) groups is 1. The number of hydrogen-bond donors (Lipinski definition) is 1. The Morgan fingerprint density at radius 2 is 2.26 bits per heavy atom. The van der Waals surface area contributed by atoms with Gasteiger partial charge >= 0.3 is 0 Å². The molecule has 0 saturated heterocycles. The molecule has 0 radical (unpaired) electrons. The molecule has 0 atom stereocenters. The molecule has 0 fully saturated rings. The molecule has 1 N–H and O–H groups in total. The molecule has 2 aromatic heterocycles. The zero-order valence-electron chi connectivity index (χ0n) is 11.0. The zero-order valence-corrected chi connectivity index (χ0v) is 11.8. The number of amides is 1. The lowest BCUT2D eigenvalue weighted by Crippen LogP contribution is -2.22. The van der Waals surface area contributed by atoms with Crippen LogP contribution in [0.2, 0.25) is 0 Å². The molecule has 0 unspecified atom stereocenters. The minimum absolute atomic E-state index is 0.0391. The van der Waals surface area contributed by atoms with Gasteiger partial charge in [0, 0.05) is 27.1 Å². The number of fused-ring (bicyclic) bond motifs is 1. The van der Waals surface area contributed by atoms with Crippen molar-refractivity contribution in [3.8, 4) is 5.88 Å². The number of rotatable bonds is 4. The van der Waals surface area contributed by atoms with Crippen molar-refractivity contribution in [3.63, 3.8) is 0 Å². The Bertz CT molecular complexity index is 661. The number of aryl methyl sites for hydroxylation is 1. The largest absolute Gasteiger partial charge is 0.479 e. The maximum absolute atomic E-state index is 11.6. The van der Waals surface area contributed by atoms with Crippen molar-refractivity contribution in [1.82, 2.24) is 24.4 Å². The fourth-order valence-electron chi connectivity index (χ4n) is 1.74. The van der Waals surface area contributed by atoms with Gasteiger partial charge in [-0.2, -0.15) is 4.98 Å². The van der Waals surface area contributed by atoms with Crippen LogP contribution in [0, 0.1) is 4.77 Å². The molecule has 2 rings (SSSR count). The second-order valence-electron chi connectivity index (χ2n) is 4.20. The molecule has 7 nitrogen and oxygen atoms in total. The summed E-state index contributed by atoms with van der Waals surface area (Å²) in [5, 5.41) is 0. The number of imidazole rings is 1. The van der Waals surface area contributed by atoms with E-state index in [0.29, 0.717) is 34.8 Å². The van der Waals surface area contributed by atoms with E-state index in [1.165, 1.54) is 13.4 Å². The van der Waals surface area contributed by atoms with Crippen molar-refractivity contribution in [3.05, 3.63) is 11.1 Å². The molecule has 0 bridgehead atoms. The van der Waals surface area contributed by atoms with Crippen molar-refractivity contribution >= 4 is 29.3 Å². The number of nitrogens with one attached hydrogen (secondary N) is 1. The maximum Gasteiger partial charge on any atom is 0.242 e. The maximum atomic E-state index is 11.6. The van der Waals surface area contributed by atoms with E-state index in [9.17, 15) is 4.79 Å². The third kappa shape index (κ3) is 2.58. The Labute approximate surface area is 115 Å². The van der Waals surface area contributed by atoms with Crippen LogP contribution in [0.25, 0.3) is 11.2 Å². The molecule has 0 aliphatic rings. The predicted molar refractivity (Wildman–Crippen MR) is 72.6 cm³/mol. The van der Waals surface area contributed by atoms with E-state index in [0.717, 1.165) is 0 Å². The van der Waals surface area contributed by atoms with Crippen LogP contribution in [0.15, 0.2) is 6.33 Å². The summed E-state index contributed by atoms with van der Waals surface area (Å²) in [6.07, 6.45) is 1.77. The fraction of sp³-hybridized carbons (Fsp3) is 0.455. The lowest BCUT2D eigenvalue weighted by Gasteiger charge is -2.10. The highest BCUT2D eigenvalue weighted by molar-refractivity contribution is 7.71. The average Bonchev–Trinajstić information content (AvgIpc) is 2.71. The van der Waals surface area contributed by atoms with Gasteiger partial charge in [0.1, 0.15) is 11.8 Å². The van der Waals surface area contributed by atoms with E-state index < -0.39 is 0 Å². The number of H-pyrrole nitrogens is 1. The summed E-state index contributed by atoms with van der Waals surface area (Å²) >= 11 is 5.24. The number of hydrogen-bond acceptors (Lipinski definition) is 5. The van der Waals surface area contributed by atoms with Gasteiger partial charge in [0.2, 0.25) is 11.8 Å². The van der Waals surface area contributed by atoms with E-state index in [-0.39, 0.29) is 5.91 Å². The molecule has 0 spiro atoms. The van der Waals surface area contributed by atoms with Crippen molar-refractivity contribution in [1.29, 1.82) is 0 Å². The zero-order chi connectivity index (χ0) is 14.0. The van der Waals surface area contributed by atoms with Gasteiger partial charge < -0.3 is 19.2 Å². The van der Waals surface area contributed by atoms with Gasteiger partial charge in [0.15, 0.2) is 10.4 Å². The fourth-order valence-corrected chi connectivity index (χ4v) is 2.02. The second-order valence-corrected chi connectivity index (χ2v) is 4.59. The van der Waals surface area contributed by atoms with Gasteiger partial charge in [-0.1, -0.05) is 0 Å². The van der Waals surface area contributed by atoms with Gasteiger partial charge in [0.05, 0.1) is 7.11 Å². The smallest absolute Gasteiger partial charge is 0.242 e. The predicted octanol–water partition coefficient (Wildman–Crippen LogP) is 0.976. The standard InChI is InChI=1S/C11H15N5O2S/c1-15(2)7(17)4-5-16-9-8(14-11(16)19)10(18-3)13-6-12-9/h6H,4-5H2,1-3H3,(H,14,19). The van der Waals surface area contributed by atoms with Crippen LogP contribution in [0.3, 0.4) is 0 Å². The van der Waals surface area contributed by atoms with Crippen LogP contribution >= 0.6 is 12.2 Å². The molecule has 19 heavy (non-hydrogen) atoms. The Balaban J connectivity index is 2.36. The van der Waals surface area contributed by atoms with Gasteiger partial charge in [-0.3, -0.25) is 4.79 Å². The van der Waals surface area contributed by atoms with E-state index in [1.807, 2.05) is 0 Å². The molecule has 102 valence electrons. The van der Waals surface area contributed by atoms with Crippen LogP contribution in [0.5, 0.6) is 5.88 Å². The van der Waals surface area contributed by atoms with Crippen LogP contribution in [-0.2, 0) is 11.3 Å². The van der Waals surface area contributed by atoms with Crippen LogP contribution in [0.4, 0.5) is 0 Å². The first-order chi connectivity index (χ1) is 9.04. The van der Waals surface area contributed by atoms with Crippen molar-refractivity contribution in [2.45, 2.75) is 13.0 Å². The Kier molecular flexibility index (Phi) is 3.79. The summed E-state index contributed by atoms with van der Waals surface area (Å²) in [5.74, 6) is 0.478. The number of aromatic amines is 1. The molecule has 0 aliphatic heterocycles. The first kappa shape index (κ1) is 13.5. The minimum atomic E-state index is 0.0391. The van der Waals surface area contributed by atoms with Gasteiger partial charge in [-0.25, -0.2) is 4.98 Å². The minimum Gasteiger partial charge on any atom is -0.479 e. The number of aromatic nitrogens is 4. The topological polar surface area (TPSA) is 76.0 Å². The number of carbonyl (C=O) groups excluding carboxylic acids is 1. The van der Waals surface area contributed by atoms with Crippen molar-refractivity contribution in [2.24, 2.45) is 0 Å². The summed E-state index contributed by atoms with van der Waals surface area (Å²) in [7, 11) is 4.98. The molecule has 0 aromatic carbocycles. The summed E-state index contributed by atoms with van der Waals surface area (Å²) in [6, 6.07) is 0. The monoisotopic (exact) mass is 281 g/mol. The third-order valence-electron chi connectivity index (χ3n) is 2.77. The first-order valence-electron chi connectivity index (χ1n) is 5.72. The van der Waals surface area contributed by atoms with Crippen LogP contribution in [0.1, 0.15) is 6.42 Å². The SMILES string of the molecule is COc1ncnc2c1[nH]c(=S)n2CCC(=O)N(C)C. The molecule has 8 heteroatoms. The highest BCUT2D eigenvalue weighted by Crippen LogP contribution is 2.20. The second kappa shape index (κ2) is 5.35. The van der Waals surface area contributed by atoms with Gasteiger partial charge in [-0.15, -0.1) is 0 Å². The lowest BCUT2D eigenvalue weighted by molar-refractivity contribution is -0.128. The quantitative estimate of drug-likeness (QED) is 0.845. The van der Waals surface area contributed by atoms with Gasteiger partial charge in [0.25, 0.3) is 0 Å². The van der Waals surface area contributed by atoms with Crippen molar-refractivity contribution < 1.29 is 9.53 Å². The lowest BCUT2D eigenvalue weighted by atomic mass is 10.4. The van der Waals surface area contributed by atoms with E-state index in [2.05, 4.69) is 15.0 Å². The summed E-state index contributed by atoms with van der Waals surface area (Å²) < 4.78 is 7.42. The summed E-state index contributed by atoms with van der Waals surface area (Å²) in [4.78, 5) is 24.4. The highest BCUT2D eigenvalue weighted by atomic mass is 32.1. The van der Waals surface area contributed by atoms with Gasteiger partial charge in [-0.05, 0) is 12.2 Å². The number of methoxy groups -OCH3 is 1. The molecule has 0 aliphatic carbocycles. The van der Waals surface area contributed by atoms with E-state index in [4.69, 9.17) is 17.0 Å². The number of ether oxygens (including phenoxy) is 1. The molecular weight excluding hydrogens is 266 g/mol. The Hall–Kier alpha value is -1.96.